The third kappa shape index (κ3) is 2.88. The lowest BCUT2D eigenvalue weighted by Crippen LogP contribution is -2.20. The van der Waals surface area contributed by atoms with Gasteiger partial charge in [0, 0.05) is 0 Å². The highest BCUT2D eigenvalue weighted by molar-refractivity contribution is 5.83. The van der Waals surface area contributed by atoms with Crippen molar-refractivity contribution in [1.82, 2.24) is 19.5 Å². The van der Waals surface area contributed by atoms with Gasteiger partial charge in [-0.1, -0.05) is 0 Å². The summed E-state index contributed by atoms with van der Waals surface area (Å²) < 4.78 is 6.79. The van der Waals surface area contributed by atoms with Gasteiger partial charge in [-0.05, 0) is 0 Å². The van der Waals surface area contributed by atoms with Crippen molar-refractivity contribution in [3.63, 3.8) is 0 Å². The average molecular weight is 269 g/mol. The van der Waals surface area contributed by atoms with E-state index in [0.717, 1.165) is 0 Å². The van der Waals surface area contributed by atoms with Gasteiger partial charge in [-0.3, -0.25) is 4.57 Å². The van der Waals surface area contributed by atoms with Gasteiger partial charge in [0.1, 0.15) is 12.8 Å². The highest BCUT2D eigenvalue weighted by Gasteiger charge is 2.11. The third-order valence-corrected chi connectivity index (χ3v) is 2.37. The molecule has 2 rings (SSSR count). The second kappa shape index (κ2) is 5.75. The van der Waals surface area contributed by atoms with Crippen molar-refractivity contribution in [1.29, 1.82) is 0 Å². The summed E-state index contributed by atoms with van der Waals surface area (Å²) in [6.45, 7) is -0.256. The Bertz CT molecular complexity index is 558. The van der Waals surface area contributed by atoms with Crippen LogP contribution in [0.1, 0.15) is 0 Å². The van der Waals surface area contributed by atoms with Crippen molar-refractivity contribution in [2.75, 3.05) is 24.4 Å². The molecule has 2 aromatic rings. The summed E-state index contributed by atoms with van der Waals surface area (Å²) in [4.78, 5) is 12.0. The van der Waals surface area contributed by atoms with Crippen LogP contribution in [-0.2, 0) is 11.5 Å². The van der Waals surface area contributed by atoms with Crippen LogP contribution in [-0.4, -0.2) is 49.0 Å². The molecule has 0 aromatic carbocycles. The van der Waals surface area contributed by atoms with Crippen LogP contribution in [0.2, 0.25) is 0 Å². The number of anilines is 2. The van der Waals surface area contributed by atoms with E-state index >= 15 is 0 Å². The summed E-state index contributed by atoms with van der Waals surface area (Å²) in [6.07, 6.45) is 0.570. The molecule has 2 aromatic heterocycles. The molecule has 19 heavy (non-hydrogen) atoms. The molecule has 0 spiro atoms. The fourth-order valence-electron chi connectivity index (χ4n) is 1.50. The van der Waals surface area contributed by atoms with Gasteiger partial charge in [0.05, 0.1) is 19.5 Å². The SMILES string of the molecule is NNc1nc(N)nc2c1ncn2COCC(O)CO. The highest BCUT2D eigenvalue weighted by Crippen LogP contribution is 2.18. The van der Waals surface area contributed by atoms with Crippen molar-refractivity contribution in [2.24, 2.45) is 5.84 Å². The molecule has 0 saturated heterocycles. The van der Waals surface area contributed by atoms with Crippen molar-refractivity contribution >= 4 is 22.9 Å². The third-order valence-electron chi connectivity index (χ3n) is 2.37. The lowest BCUT2D eigenvalue weighted by molar-refractivity contribution is -0.0163. The fourth-order valence-corrected chi connectivity index (χ4v) is 1.50. The number of aromatic nitrogens is 4. The van der Waals surface area contributed by atoms with Crippen molar-refractivity contribution < 1.29 is 14.9 Å². The molecule has 0 aliphatic heterocycles. The molecule has 0 radical (unpaired) electrons. The second-order valence-corrected chi connectivity index (χ2v) is 3.80. The molecule has 0 fully saturated rings. The minimum atomic E-state index is -0.921. The minimum Gasteiger partial charge on any atom is -0.394 e. The first-order valence-corrected chi connectivity index (χ1v) is 5.47. The summed E-state index contributed by atoms with van der Waals surface area (Å²) in [5.41, 5.74) is 8.86. The predicted molar refractivity (Wildman–Crippen MR) is 66.6 cm³/mol. The normalized spacial score (nSPS) is 12.8. The molecular formula is C9H15N7O3. The van der Waals surface area contributed by atoms with Gasteiger partial charge >= 0.3 is 0 Å². The molecule has 0 saturated carbocycles. The molecular weight excluding hydrogens is 254 g/mol. The maximum atomic E-state index is 9.15. The molecule has 104 valence electrons. The first-order chi connectivity index (χ1) is 9.15. The van der Waals surface area contributed by atoms with Crippen LogP contribution in [0.4, 0.5) is 11.8 Å². The molecule has 0 bridgehead atoms. The molecule has 10 heteroatoms. The number of hydrogen-bond donors (Lipinski definition) is 5. The molecule has 0 amide bonds. The van der Waals surface area contributed by atoms with Crippen LogP contribution >= 0.6 is 0 Å². The quantitative estimate of drug-likeness (QED) is 0.296. The number of aliphatic hydroxyl groups is 2. The van der Waals surface area contributed by atoms with Gasteiger partial charge in [-0.2, -0.15) is 9.97 Å². The summed E-state index contributed by atoms with van der Waals surface area (Å²) in [7, 11) is 0. The van der Waals surface area contributed by atoms with E-state index in [1.807, 2.05) is 0 Å². The monoisotopic (exact) mass is 269 g/mol. The fraction of sp³-hybridized carbons (Fsp3) is 0.444. The minimum absolute atomic E-state index is 0.00125. The average Bonchev–Trinajstić information content (AvgIpc) is 2.80. The van der Waals surface area contributed by atoms with Crippen LogP contribution in [0.25, 0.3) is 11.2 Å². The number of nitrogens with two attached hydrogens (primary N) is 2. The summed E-state index contributed by atoms with van der Waals surface area (Å²) in [5.74, 6) is 5.68. The maximum Gasteiger partial charge on any atom is 0.224 e. The number of ether oxygens (including phenoxy) is 1. The Labute approximate surface area is 108 Å². The number of rotatable bonds is 6. The van der Waals surface area contributed by atoms with Crippen LogP contribution in [0.5, 0.6) is 0 Å². The molecule has 7 N–H and O–H groups in total. The Balaban J connectivity index is 2.18. The van der Waals surface area contributed by atoms with Crippen molar-refractivity contribution in [2.45, 2.75) is 12.8 Å². The van der Waals surface area contributed by atoms with E-state index in [4.69, 9.17) is 26.5 Å². The van der Waals surface area contributed by atoms with Crippen LogP contribution in [0.3, 0.4) is 0 Å². The van der Waals surface area contributed by atoms with E-state index < -0.39 is 6.10 Å². The number of aliphatic hydroxyl groups excluding tert-OH is 2. The molecule has 1 unspecified atom stereocenters. The lowest BCUT2D eigenvalue weighted by Gasteiger charge is -2.09. The standard InChI is InChI=1S/C9H15N7O3/c10-9-13-7(15-11)6-8(14-9)16(3-12-6)4-19-2-5(18)1-17/h3,5,17-18H,1-2,4,11H2,(H3,10,13,14,15). The van der Waals surface area contributed by atoms with E-state index in [9.17, 15) is 0 Å². The summed E-state index contributed by atoms with van der Waals surface area (Å²) >= 11 is 0. The highest BCUT2D eigenvalue weighted by atomic mass is 16.5. The van der Waals surface area contributed by atoms with Gasteiger partial charge in [-0.25, -0.2) is 10.8 Å². The van der Waals surface area contributed by atoms with Gasteiger partial charge in [0.2, 0.25) is 5.95 Å². The summed E-state index contributed by atoms with van der Waals surface area (Å²) in [6, 6.07) is 0. The molecule has 2 heterocycles. The van der Waals surface area contributed by atoms with Crippen LogP contribution in [0, 0.1) is 0 Å². The Hall–Kier alpha value is -2.01. The van der Waals surface area contributed by atoms with E-state index in [0.29, 0.717) is 17.0 Å². The zero-order valence-electron chi connectivity index (χ0n) is 10.0. The number of imidazole rings is 1. The van der Waals surface area contributed by atoms with Gasteiger partial charge in [0.25, 0.3) is 0 Å². The first kappa shape index (κ1) is 13.4. The van der Waals surface area contributed by atoms with Gasteiger partial charge < -0.3 is 26.1 Å². The Kier molecular flexibility index (Phi) is 4.06. The Morgan fingerprint density at radius 2 is 2.26 bits per heavy atom. The predicted octanol–water partition coefficient (Wildman–Crippen LogP) is -1.98. The van der Waals surface area contributed by atoms with Gasteiger partial charge in [0.15, 0.2) is 17.0 Å². The summed E-state index contributed by atoms with van der Waals surface area (Å²) in [5, 5.41) is 17.8. The van der Waals surface area contributed by atoms with E-state index in [1.165, 1.54) is 6.33 Å². The molecule has 10 nitrogen and oxygen atoms in total. The number of nitrogens with one attached hydrogen (secondary N) is 1. The Morgan fingerprint density at radius 1 is 1.47 bits per heavy atom. The van der Waals surface area contributed by atoms with Crippen molar-refractivity contribution in [3.05, 3.63) is 6.33 Å². The zero-order chi connectivity index (χ0) is 13.8. The van der Waals surface area contributed by atoms with Crippen LogP contribution < -0.4 is 17.0 Å². The Morgan fingerprint density at radius 3 is 2.95 bits per heavy atom. The number of nitrogens with zero attached hydrogens (tertiary/aromatic N) is 4. The van der Waals surface area contributed by atoms with E-state index in [1.54, 1.807) is 4.57 Å². The molecule has 0 aliphatic rings. The van der Waals surface area contributed by atoms with E-state index in [2.05, 4.69) is 20.4 Å². The number of hydrazine groups is 1. The van der Waals surface area contributed by atoms with Crippen molar-refractivity contribution in [3.8, 4) is 0 Å². The second-order valence-electron chi connectivity index (χ2n) is 3.80. The van der Waals surface area contributed by atoms with Gasteiger partial charge in [-0.15, -0.1) is 0 Å². The lowest BCUT2D eigenvalue weighted by atomic mass is 10.4. The van der Waals surface area contributed by atoms with Crippen LogP contribution in [0.15, 0.2) is 6.33 Å². The first-order valence-electron chi connectivity index (χ1n) is 5.47. The van der Waals surface area contributed by atoms with E-state index in [-0.39, 0.29) is 25.9 Å². The molecule has 0 aliphatic carbocycles. The molecule has 1 atom stereocenters. The maximum absolute atomic E-state index is 9.15. The smallest absolute Gasteiger partial charge is 0.224 e. The number of hydrogen-bond acceptors (Lipinski definition) is 9. The topological polar surface area (TPSA) is 157 Å². The number of fused-ring (bicyclic) bond motifs is 1. The number of nitrogen functional groups attached to an aromatic ring is 2. The zero-order valence-corrected chi connectivity index (χ0v) is 10.0. The largest absolute Gasteiger partial charge is 0.394 e.